The molecule has 3 aromatic rings. The molecule has 0 aromatic carbocycles. The predicted molar refractivity (Wildman–Crippen MR) is 119 cm³/mol. The Hall–Kier alpha value is -2.15. The summed E-state index contributed by atoms with van der Waals surface area (Å²) in [6.07, 6.45) is 3.01. The van der Waals surface area contributed by atoms with E-state index in [1.54, 1.807) is 22.7 Å². The molecule has 0 saturated carbocycles. The summed E-state index contributed by atoms with van der Waals surface area (Å²) in [6, 6.07) is 6.31. The molecule has 1 atom stereocenters. The largest absolute Gasteiger partial charge is 0.316 e. The zero-order chi connectivity index (χ0) is 20.4. The highest BCUT2D eigenvalue weighted by Crippen LogP contribution is 2.39. The number of anilines is 1. The summed E-state index contributed by atoms with van der Waals surface area (Å²) in [5.41, 5.74) is 1.77. The first kappa shape index (κ1) is 20.1. The molecule has 0 bridgehead atoms. The second-order valence-corrected chi connectivity index (χ2v) is 10.0. The van der Waals surface area contributed by atoms with Gasteiger partial charge in [-0.15, -0.1) is 32.9 Å². The van der Waals surface area contributed by atoms with E-state index in [1.165, 1.54) is 16.6 Å². The number of carbonyl (C=O) groups is 1. The third kappa shape index (κ3) is 4.10. The Kier molecular flexibility index (Phi) is 6.04. The van der Waals surface area contributed by atoms with Gasteiger partial charge in [-0.25, -0.2) is 0 Å². The van der Waals surface area contributed by atoms with Crippen LogP contribution < -0.4 is 5.32 Å². The van der Waals surface area contributed by atoms with Crippen LogP contribution in [0.1, 0.15) is 36.3 Å². The summed E-state index contributed by atoms with van der Waals surface area (Å²) in [6.45, 7) is 5.01. The number of nitriles is 1. The van der Waals surface area contributed by atoms with E-state index in [0.29, 0.717) is 16.5 Å². The molecule has 3 heterocycles. The maximum absolute atomic E-state index is 12.6. The SMILES string of the molecule is CCn1c(SCC(=O)Nc2sc3c(c2C#N)CC[C@@H](C)C3)nnc1-c1cccs1. The molecule has 0 radical (unpaired) electrons. The highest BCUT2D eigenvalue weighted by atomic mass is 32.2. The second-order valence-electron chi connectivity index (χ2n) is 7.03. The molecule has 150 valence electrons. The van der Waals surface area contributed by atoms with Gasteiger partial charge in [0.05, 0.1) is 16.2 Å². The van der Waals surface area contributed by atoms with Gasteiger partial charge in [0.2, 0.25) is 5.91 Å². The average molecular weight is 444 g/mol. The number of hydrogen-bond acceptors (Lipinski definition) is 7. The molecule has 0 aliphatic heterocycles. The molecule has 0 saturated heterocycles. The van der Waals surface area contributed by atoms with Crippen LogP contribution in [0.2, 0.25) is 0 Å². The Bertz CT molecular complexity index is 1060. The Morgan fingerprint density at radius 2 is 2.34 bits per heavy atom. The first-order valence-corrected chi connectivity index (χ1v) is 12.2. The summed E-state index contributed by atoms with van der Waals surface area (Å²) in [4.78, 5) is 14.9. The van der Waals surface area contributed by atoms with Crippen molar-refractivity contribution in [2.75, 3.05) is 11.1 Å². The number of aromatic nitrogens is 3. The fourth-order valence-electron chi connectivity index (χ4n) is 3.52. The lowest BCUT2D eigenvalue weighted by molar-refractivity contribution is -0.113. The molecule has 0 spiro atoms. The van der Waals surface area contributed by atoms with Gasteiger partial charge in [-0.2, -0.15) is 5.26 Å². The van der Waals surface area contributed by atoms with Crippen LogP contribution in [0.3, 0.4) is 0 Å². The third-order valence-corrected chi connectivity index (χ3v) is 7.99. The minimum absolute atomic E-state index is 0.124. The molecule has 1 aliphatic rings. The van der Waals surface area contributed by atoms with E-state index in [9.17, 15) is 10.1 Å². The standard InChI is InChI=1S/C20H21N5OS3/c1-3-25-18(15-5-4-8-27-15)23-24-20(25)28-11-17(26)22-19-14(10-21)13-7-6-12(2)9-16(13)29-19/h4-5,8,12H,3,6-7,9,11H2,1-2H3,(H,22,26)/t12-/m1/s1. The number of hydrogen-bond donors (Lipinski definition) is 1. The van der Waals surface area contributed by atoms with Gasteiger partial charge in [-0.1, -0.05) is 24.8 Å². The van der Waals surface area contributed by atoms with E-state index in [2.05, 4.69) is 28.5 Å². The van der Waals surface area contributed by atoms with Crippen LogP contribution in [-0.2, 0) is 24.2 Å². The second kappa shape index (κ2) is 8.69. The lowest BCUT2D eigenvalue weighted by Crippen LogP contribution is -2.14. The summed E-state index contributed by atoms with van der Waals surface area (Å²) in [5, 5.41) is 24.5. The molecule has 1 amide bonds. The van der Waals surface area contributed by atoms with Crippen molar-refractivity contribution in [3.8, 4) is 16.8 Å². The van der Waals surface area contributed by atoms with Gasteiger partial charge < -0.3 is 9.88 Å². The fraction of sp³-hybridized carbons (Fsp3) is 0.400. The van der Waals surface area contributed by atoms with E-state index in [-0.39, 0.29) is 11.7 Å². The Morgan fingerprint density at radius 1 is 1.48 bits per heavy atom. The molecule has 0 unspecified atom stereocenters. The first-order chi connectivity index (χ1) is 14.1. The summed E-state index contributed by atoms with van der Waals surface area (Å²) < 4.78 is 2.02. The van der Waals surface area contributed by atoms with Crippen LogP contribution in [0.5, 0.6) is 0 Å². The number of nitrogens with zero attached hydrogens (tertiary/aromatic N) is 4. The van der Waals surface area contributed by atoms with Crippen LogP contribution in [0.4, 0.5) is 5.00 Å². The van der Waals surface area contributed by atoms with Crippen LogP contribution >= 0.6 is 34.4 Å². The summed E-state index contributed by atoms with van der Waals surface area (Å²) >= 11 is 4.55. The molecular weight excluding hydrogens is 422 g/mol. The number of amides is 1. The smallest absolute Gasteiger partial charge is 0.235 e. The number of nitrogens with one attached hydrogen (secondary N) is 1. The van der Waals surface area contributed by atoms with Crippen LogP contribution in [0.15, 0.2) is 22.7 Å². The van der Waals surface area contributed by atoms with Crippen molar-refractivity contribution in [1.29, 1.82) is 5.26 Å². The van der Waals surface area contributed by atoms with E-state index < -0.39 is 0 Å². The molecule has 9 heteroatoms. The predicted octanol–water partition coefficient (Wildman–Crippen LogP) is 4.82. The van der Waals surface area contributed by atoms with E-state index >= 15 is 0 Å². The van der Waals surface area contributed by atoms with Crippen molar-refractivity contribution in [3.63, 3.8) is 0 Å². The number of thioether (sulfide) groups is 1. The third-order valence-electron chi connectivity index (χ3n) is 4.98. The van der Waals surface area contributed by atoms with Crippen molar-refractivity contribution >= 4 is 45.3 Å². The zero-order valence-corrected chi connectivity index (χ0v) is 18.7. The van der Waals surface area contributed by atoms with Gasteiger partial charge in [0.25, 0.3) is 0 Å². The summed E-state index contributed by atoms with van der Waals surface area (Å²) in [7, 11) is 0. The average Bonchev–Trinajstić information content (AvgIpc) is 3.43. The van der Waals surface area contributed by atoms with Crippen LogP contribution in [-0.4, -0.2) is 26.4 Å². The maximum Gasteiger partial charge on any atom is 0.235 e. The molecule has 1 N–H and O–H groups in total. The van der Waals surface area contributed by atoms with Gasteiger partial charge in [0.1, 0.15) is 11.1 Å². The Balaban J connectivity index is 1.45. The Morgan fingerprint density at radius 3 is 3.07 bits per heavy atom. The van der Waals surface area contributed by atoms with Crippen LogP contribution in [0.25, 0.3) is 10.7 Å². The number of rotatable bonds is 6. The van der Waals surface area contributed by atoms with Crippen LogP contribution in [0, 0.1) is 17.2 Å². The topological polar surface area (TPSA) is 83.6 Å². The van der Waals surface area contributed by atoms with Crippen molar-refractivity contribution < 1.29 is 4.79 Å². The molecular formula is C20H21N5OS3. The zero-order valence-electron chi connectivity index (χ0n) is 16.3. The van der Waals surface area contributed by atoms with Crippen molar-refractivity contribution in [1.82, 2.24) is 14.8 Å². The lowest BCUT2D eigenvalue weighted by Gasteiger charge is -2.17. The first-order valence-electron chi connectivity index (χ1n) is 9.55. The fourth-order valence-corrected chi connectivity index (χ4v) is 6.42. The molecule has 3 aromatic heterocycles. The van der Waals surface area contributed by atoms with Gasteiger partial charge in [0, 0.05) is 11.4 Å². The van der Waals surface area contributed by atoms with Gasteiger partial charge in [-0.05, 0) is 49.1 Å². The molecule has 29 heavy (non-hydrogen) atoms. The number of fused-ring (bicyclic) bond motifs is 1. The maximum atomic E-state index is 12.6. The molecule has 0 fully saturated rings. The highest BCUT2D eigenvalue weighted by Gasteiger charge is 2.25. The van der Waals surface area contributed by atoms with Gasteiger partial charge in [0.15, 0.2) is 11.0 Å². The van der Waals surface area contributed by atoms with Gasteiger partial charge >= 0.3 is 0 Å². The van der Waals surface area contributed by atoms with E-state index in [1.807, 2.05) is 29.0 Å². The molecule has 6 nitrogen and oxygen atoms in total. The number of thiophene rings is 2. The van der Waals surface area contributed by atoms with E-state index in [0.717, 1.165) is 47.2 Å². The molecule has 4 rings (SSSR count). The monoisotopic (exact) mass is 443 g/mol. The molecule has 1 aliphatic carbocycles. The normalized spacial score (nSPS) is 15.7. The lowest BCUT2D eigenvalue weighted by atomic mass is 9.89. The quantitative estimate of drug-likeness (QED) is 0.553. The Labute approximate surface area is 182 Å². The van der Waals surface area contributed by atoms with Gasteiger partial charge in [-0.3, -0.25) is 4.79 Å². The van der Waals surface area contributed by atoms with Crippen molar-refractivity contribution in [2.24, 2.45) is 5.92 Å². The number of carbonyl (C=O) groups excluding carboxylic acids is 1. The highest BCUT2D eigenvalue weighted by molar-refractivity contribution is 7.99. The minimum atomic E-state index is -0.124. The minimum Gasteiger partial charge on any atom is -0.316 e. The van der Waals surface area contributed by atoms with E-state index in [4.69, 9.17) is 0 Å². The van der Waals surface area contributed by atoms with Crippen molar-refractivity contribution in [3.05, 3.63) is 33.5 Å². The van der Waals surface area contributed by atoms with Crippen molar-refractivity contribution in [2.45, 2.75) is 44.8 Å². The summed E-state index contributed by atoms with van der Waals surface area (Å²) in [5.74, 6) is 1.57.